The van der Waals surface area contributed by atoms with E-state index in [1.807, 2.05) is 6.92 Å². The van der Waals surface area contributed by atoms with Crippen LogP contribution in [0.1, 0.15) is 30.6 Å². The Morgan fingerprint density at radius 2 is 2.18 bits per heavy atom. The Morgan fingerprint density at radius 3 is 2.76 bits per heavy atom. The Kier molecular flexibility index (Phi) is 3.52. The molecule has 1 aliphatic heterocycles. The van der Waals surface area contributed by atoms with Gasteiger partial charge in [-0.2, -0.15) is 0 Å². The topological polar surface area (TPSA) is 20.3 Å². The van der Waals surface area contributed by atoms with Gasteiger partial charge in [0.15, 0.2) is 0 Å². The van der Waals surface area contributed by atoms with Gasteiger partial charge in [0.2, 0.25) is 0 Å². The van der Waals surface area contributed by atoms with Gasteiger partial charge in [0.25, 0.3) is 5.91 Å². The number of benzene rings is 1. The molecule has 0 N–H and O–H groups in total. The van der Waals surface area contributed by atoms with Gasteiger partial charge in [-0.1, -0.05) is 13.0 Å². The summed E-state index contributed by atoms with van der Waals surface area (Å²) in [5.74, 6) is -0.186. The van der Waals surface area contributed by atoms with E-state index >= 15 is 0 Å². The SMILES string of the molecule is CC1CC(C)N(C(=O)c2cccc(Br)c2F)C1. The molecule has 0 radical (unpaired) electrons. The molecule has 0 aromatic heterocycles. The standard InChI is InChI=1S/C13H15BrFNO/c1-8-6-9(2)16(7-8)13(17)10-4-3-5-11(14)12(10)15/h3-5,8-9H,6-7H2,1-2H3. The van der Waals surface area contributed by atoms with Crippen molar-refractivity contribution >= 4 is 21.8 Å². The summed E-state index contributed by atoms with van der Waals surface area (Å²) in [6.45, 7) is 4.84. The van der Waals surface area contributed by atoms with Crippen LogP contribution in [-0.2, 0) is 0 Å². The predicted molar refractivity (Wildman–Crippen MR) is 68.4 cm³/mol. The molecule has 1 aromatic rings. The van der Waals surface area contributed by atoms with Crippen molar-refractivity contribution in [2.24, 2.45) is 5.92 Å². The molecule has 1 heterocycles. The van der Waals surface area contributed by atoms with Gasteiger partial charge in [-0.25, -0.2) is 4.39 Å². The summed E-state index contributed by atoms with van der Waals surface area (Å²) in [4.78, 5) is 14.0. The van der Waals surface area contributed by atoms with Crippen LogP contribution in [0.4, 0.5) is 4.39 Å². The molecule has 17 heavy (non-hydrogen) atoms. The van der Waals surface area contributed by atoms with Crippen LogP contribution in [0.15, 0.2) is 22.7 Å². The van der Waals surface area contributed by atoms with Crippen molar-refractivity contribution in [2.75, 3.05) is 6.54 Å². The highest BCUT2D eigenvalue weighted by Crippen LogP contribution is 2.26. The van der Waals surface area contributed by atoms with Crippen molar-refractivity contribution in [3.05, 3.63) is 34.1 Å². The van der Waals surface area contributed by atoms with Gasteiger partial charge < -0.3 is 4.90 Å². The number of carbonyl (C=O) groups is 1. The lowest BCUT2D eigenvalue weighted by Crippen LogP contribution is -2.34. The third kappa shape index (κ3) is 2.37. The van der Waals surface area contributed by atoms with E-state index < -0.39 is 5.82 Å². The molecule has 0 spiro atoms. The smallest absolute Gasteiger partial charge is 0.257 e. The minimum absolute atomic E-state index is 0.153. The highest BCUT2D eigenvalue weighted by molar-refractivity contribution is 9.10. The number of rotatable bonds is 1. The minimum atomic E-state index is -0.468. The number of likely N-dealkylation sites (tertiary alicyclic amines) is 1. The highest BCUT2D eigenvalue weighted by atomic mass is 79.9. The molecule has 1 saturated heterocycles. The average Bonchev–Trinajstić information content (AvgIpc) is 2.61. The highest BCUT2D eigenvalue weighted by Gasteiger charge is 2.31. The molecule has 92 valence electrons. The van der Waals surface area contributed by atoms with Crippen LogP contribution in [0, 0.1) is 11.7 Å². The molecule has 2 unspecified atom stereocenters. The van der Waals surface area contributed by atoms with Crippen LogP contribution in [0.5, 0.6) is 0 Å². The number of halogens is 2. The maximum atomic E-state index is 13.8. The zero-order valence-corrected chi connectivity index (χ0v) is 11.5. The van der Waals surface area contributed by atoms with Gasteiger partial charge in [0.1, 0.15) is 5.82 Å². The normalized spacial score (nSPS) is 24.1. The summed E-state index contributed by atoms with van der Waals surface area (Å²) >= 11 is 3.10. The van der Waals surface area contributed by atoms with E-state index in [0.717, 1.165) is 6.42 Å². The van der Waals surface area contributed by atoms with Crippen molar-refractivity contribution in [1.29, 1.82) is 0 Å². The first-order valence-electron chi connectivity index (χ1n) is 5.75. The maximum absolute atomic E-state index is 13.8. The molecule has 4 heteroatoms. The van der Waals surface area contributed by atoms with Crippen LogP contribution >= 0.6 is 15.9 Å². The first kappa shape index (κ1) is 12.6. The Labute approximate surface area is 109 Å². The summed E-state index contributed by atoms with van der Waals surface area (Å²) in [6, 6.07) is 5.01. The Hall–Kier alpha value is -0.900. The second kappa shape index (κ2) is 4.77. The number of nitrogens with zero attached hydrogens (tertiary/aromatic N) is 1. The van der Waals surface area contributed by atoms with E-state index in [-0.39, 0.29) is 17.5 Å². The second-order valence-electron chi connectivity index (χ2n) is 4.75. The third-order valence-corrected chi connectivity index (χ3v) is 3.84. The van der Waals surface area contributed by atoms with Gasteiger partial charge in [-0.15, -0.1) is 0 Å². The maximum Gasteiger partial charge on any atom is 0.257 e. The van der Waals surface area contributed by atoms with Crippen LogP contribution in [0.25, 0.3) is 0 Å². The van der Waals surface area contributed by atoms with Gasteiger partial charge in [-0.05, 0) is 47.3 Å². The Balaban J connectivity index is 2.29. The lowest BCUT2D eigenvalue weighted by atomic mass is 10.1. The third-order valence-electron chi connectivity index (χ3n) is 3.23. The molecule has 1 fully saturated rings. The van der Waals surface area contributed by atoms with Crippen molar-refractivity contribution in [1.82, 2.24) is 4.90 Å². The zero-order valence-electron chi connectivity index (χ0n) is 9.91. The van der Waals surface area contributed by atoms with Gasteiger partial charge in [-0.3, -0.25) is 4.79 Å². The Bertz CT molecular complexity index is 449. The summed E-state index contributed by atoms with van der Waals surface area (Å²) in [7, 11) is 0. The molecule has 1 amide bonds. The first-order valence-corrected chi connectivity index (χ1v) is 6.55. The molecule has 0 bridgehead atoms. The number of hydrogen-bond acceptors (Lipinski definition) is 1. The quantitative estimate of drug-likeness (QED) is 0.778. The number of carbonyl (C=O) groups excluding carboxylic acids is 1. The summed E-state index contributed by atoms with van der Waals surface area (Å²) in [5, 5.41) is 0. The fourth-order valence-corrected chi connectivity index (χ4v) is 2.77. The van der Waals surface area contributed by atoms with Crippen LogP contribution in [0.3, 0.4) is 0 Å². The number of amides is 1. The van der Waals surface area contributed by atoms with E-state index in [1.54, 1.807) is 17.0 Å². The largest absolute Gasteiger partial charge is 0.336 e. The molecule has 2 atom stereocenters. The number of hydrogen-bond donors (Lipinski definition) is 0. The lowest BCUT2D eigenvalue weighted by Gasteiger charge is -2.21. The van der Waals surface area contributed by atoms with Crippen molar-refractivity contribution in [3.63, 3.8) is 0 Å². The molecule has 0 saturated carbocycles. The molecule has 2 rings (SSSR count). The average molecular weight is 300 g/mol. The van der Waals surface area contributed by atoms with Crippen LogP contribution in [-0.4, -0.2) is 23.4 Å². The molecule has 2 nitrogen and oxygen atoms in total. The second-order valence-corrected chi connectivity index (χ2v) is 5.60. The zero-order chi connectivity index (χ0) is 12.6. The molecular formula is C13H15BrFNO. The van der Waals surface area contributed by atoms with Crippen molar-refractivity contribution in [2.45, 2.75) is 26.3 Å². The molecular weight excluding hydrogens is 285 g/mol. The fraction of sp³-hybridized carbons (Fsp3) is 0.462. The molecule has 1 aromatic carbocycles. The van der Waals surface area contributed by atoms with E-state index in [9.17, 15) is 9.18 Å². The first-order chi connectivity index (χ1) is 8.00. The van der Waals surface area contributed by atoms with Crippen molar-refractivity contribution in [3.8, 4) is 0 Å². The van der Waals surface area contributed by atoms with Crippen LogP contribution in [0.2, 0.25) is 0 Å². The predicted octanol–water partition coefficient (Wildman–Crippen LogP) is 3.46. The summed E-state index contributed by atoms with van der Waals surface area (Å²) < 4.78 is 14.2. The lowest BCUT2D eigenvalue weighted by molar-refractivity contribution is 0.0739. The van der Waals surface area contributed by atoms with E-state index in [0.29, 0.717) is 16.9 Å². The van der Waals surface area contributed by atoms with Gasteiger partial charge in [0.05, 0.1) is 10.0 Å². The van der Waals surface area contributed by atoms with E-state index in [1.165, 1.54) is 6.07 Å². The van der Waals surface area contributed by atoms with Crippen molar-refractivity contribution < 1.29 is 9.18 Å². The summed E-state index contributed by atoms with van der Waals surface area (Å²) in [6.07, 6.45) is 0.987. The fourth-order valence-electron chi connectivity index (χ4n) is 2.41. The molecule has 1 aliphatic rings. The van der Waals surface area contributed by atoms with Gasteiger partial charge >= 0.3 is 0 Å². The van der Waals surface area contributed by atoms with Crippen LogP contribution < -0.4 is 0 Å². The minimum Gasteiger partial charge on any atom is -0.336 e. The molecule has 0 aliphatic carbocycles. The summed E-state index contributed by atoms with van der Waals surface area (Å²) in [5.41, 5.74) is 0.153. The van der Waals surface area contributed by atoms with Gasteiger partial charge in [0, 0.05) is 12.6 Å². The van der Waals surface area contributed by atoms with E-state index in [4.69, 9.17) is 0 Å². The Morgan fingerprint density at radius 1 is 1.47 bits per heavy atom. The van der Waals surface area contributed by atoms with E-state index in [2.05, 4.69) is 22.9 Å². The monoisotopic (exact) mass is 299 g/mol.